The summed E-state index contributed by atoms with van der Waals surface area (Å²) in [5, 5.41) is 0. The molecule has 0 saturated carbocycles. The van der Waals surface area contributed by atoms with Crippen LogP contribution >= 0.6 is 0 Å². The quantitative estimate of drug-likeness (QED) is 0.786. The molecule has 1 aromatic carbocycles. The molecule has 1 heterocycles. The van der Waals surface area contributed by atoms with Crippen molar-refractivity contribution in [2.75, 3.05) is 18.8 Å². The van der Waals surface area contributed by atoms with Crippen LogP contribution in [0.5, 0.6) is 0 Å². The van der Waals surface area contributed by atoms with Crippen LogP contribution in [-0.4, -0.2) is 18.0 Å². The van der Waals surface area contributed by atoms with Crippen LogP contribution < -0.4 is 5.73 Å². The molecule has 0 spiro atoms. The van der Waals surface area contributed by atoms with Gasteiger partial charge in [0.05, 0.1) is 0 Å². The summed E-state index contributed by atoms with van der Waals surface area (Å²) >= 11 is 0. The van der Waals surface area contributed by atoms with Gasteiger partial charge in [-0.2, -0.15) is 0 Å². The normalized spacial score (nSPS) is 21.4. The van der Waals surface area contributed by atoms with E-state index in [1.807, 2.05) is 6.07 Å². The maximum atomic E-state index is 5.85. The van der Waals surface area contributed by atoms with Crippen molar-refractivity contribution in [1.29, 1.82) is 0 Å². The first-order chi connectivity index (χ1) is 7.81. The van der Waals surface area contributed by atoms with Crippen molar-refractivity contribution in [3.63, 3.8) is 0 Å². The van der Waals surface area contributed by atoms with Crippen molar-refractivity contribution in [3.8, 4) is 0 Å². The molecule has 1 unspecified atom stereocenters. The average Bonchev–Trinajstić information content (AvgIpc) is 2.74. The second-order valence-corrected chi connectivity index (χ2v) is 4.72. The summed E-state index contributed by atoms with van der Waals surface area (Å²) in [4.78, 5) is 2.61. The van der Waals surface area contributed by atoms with Gasteiger partial charge in [0.1, 0.15) is 0 Å². The van der Waals surface area contributed by atoms with Crippen LogP contribution in [0, 0.1) is 0 Å². The first-order valence-electron chi connectivity index (χ1n) is 6.40. The number of rotatable bonds is 4. The molecule has 0 radical (unpaired) electrons. The molecule has 0 aliphatic carbocycles. The number of hydrogen-bond donors (Lipinski definition) is 1. The largest absolute Gasteiger partial charge is 0.399 e. The van der Waals surface area contributed by atoms with E-state index in [0.29, 0.717) is 6.04 Å². The van der Waals surface area contributed by atoms with Gasteiger partial charge >= 0.3 is 0 Å². The summed E-state index contributed by atoms with van der Waals surface area (Å²) in [5.41, 5.74) is 8.14. The van der Waals surface area contributed by atoms with E-state index in [9.17, 15) is 0 Å². The van der Waals surface area contributed by atoms with Gasteiger partial charge in [-0.3, -0.25) is 4.90 Å². The topological polar surface area (TPSA) is 29.3 Å². The van der Waals surface area contributed by atoms with Crippen LogP contribution in [0.4, 0.5) is 5.69 Å². The molecule has 2 heteroatoms. The van der Waals surface area contributed by atoms with Crippen molar-refractivity contribution in [2.24, 2.45) is 0 Å². The van der Waals surface area contributed by atoms with Gasteiger partial charge in [-0.1, -0.05) is 25.5 Å². The number of nitrogens with zero attached hydrogens (tertiary/aromatic N) is 1. The zero-order chi connectivity index (χ0) is 11.4. The van der Waals surface area contributed by atoms with Gasteiger partial charge in [-0.05, 0) is 50.0 Å². The second kappa shape index (κ2) is 5.35. The molecular weight excluding hydrogens is 196 g/mol. The number of hydrogen-bond acceptors (Lipinski definition) is 2. The van der Waals surface area contributed by atoms with Crippen LogP contribution in [0.25, 0.3) is 0 Å². The number of likely N-dealkylation sites (tertiary alicyclic amines) is 1. The van der Waals surface area contributed by atoms with Gasteiger partial charge in [0, 0.05) is 11.7 Å². The Morgan fingerprint density at radius 1 is 1.44 bits per heavy atom. The minimum Gasteiger partial charge on any atom is -0.399 e. The summed E-state index contributed by atoms with van der Waals surface area (Å²) < 4.78 is 0. The van der Waals surface area contributed by atoms with Gasteiger partial charge < -0.3 is 5.73 Å². The second-order valence-electron chi connectivity index (χ2n) is 4.72. The predicted molar refractivity (Wildman–Crippen MR) is 69.3 cm³/mol. The molecule has 1 saturated heterocycles. The Morgan fingerprint density at radius 2 is 2.31 bits per heavy atom. The first-order valence-corrected chi connectivity index (χ1v) is 6.40. The maximum absolute atomic E-state index is 5.85. The molecule has 16 heavy (non-hydrogen) atoms. The van der Waals surface area contributed by atoms with Crippen LogP contribution in [-0.2, 0) is 0 Å². The lowest BCUT2D eigenvalue weighted by Gasteiger charge is -2.24. The molecule has 1 aliphatic heterocycles. The summed E-state index contributed by atoms with van der Waals surface area (Å²) in [5.74, 6) is 0. The van der Waals surface area contributed by atoms with Gasteiger partial charge in [0.2, 0.25) is 0 Å². The number of unbranched alkanes of at least 4 members (excludes halogenated alkanes) is 1. The Balaban J connectivity index is 2.07. The smallest absolute Gasteiger partial charge is 0.0349 e. The van der Waals surface area contributed by atoms with E-state index < -0.39 is 0 Å². The Kier molecular flexibility index (Phi) is 3.83. The number of nitrogens with two attached hydrogens (primary N) is 1. The van der Waals surface area contributed by atoms with Gasteiger partial charge in [-0.25, -0.2) is 0 Å². The molecule has 1 aliphatic rings. The highest BCUT2D eigenvalue weighted by Gasteiger charge is 2.25. The van der Waals surface area contributed by atoms with Crippen LogP contribution in [0.2, 0.25) is 0 Å². The lowest BCUT2D eigenvalue weighted by atomic mass is 10.0. The van der Waals surface area contributed by atoms with Crippen LogP contribution in [0.15, 0.2) is 24.3 Å². The van der Waals surface area contributed by atoms with E-state index in [0.717, 1.165) is 5.69 Å². The fourth-order valence-corrected chi connectivity index (χ4v) is 2.60. The summed E-state index contributed by atoms with van der Waals surface area (Å²) in [6, 6.07) is 8.99. The lowest BCUT2D eigenvalue weighted by Crippen LogP contribution is -2.24. The van der Waals surface area contributed by atoms with E-state index in [4.69, 9.17) is 5.73 Å². The molecule has 0 amide bonds. The van der Waals surface area contributed by atoms with E-state index >= 15 is 0 Å². The van der Waals surface area contributed by atoms with E-state index in [-0.39, 0.29) is 0 Å². The van der Waals surface area contributed by atoms with E-state index in [2.05, 4.69) is 30.0 Å². The summed E-state index contributed by atoms with van der Waals surface area (Å²) in [7, 11) is 0. The molecule has 2 nitrogen and oxygen atoms in total. The predicted octanol–water partition coefficient (Wildman–Crippen LogP) is 3.21. The van der Waals surface area contributed by atoms with Crippen molar-refractivity contribution in [1.82, 2.24) is 4.90 Å². The Morgan fingerprint density at radius 3 is 3.06 bits per heavy atom. The number of nitrogen functional groups attached to an aromatic ring is 1. The molecule has 0 aromatic heterocycles. The molecule has 0 bridgehead atoms. The average molecular weight is 218 g/mol. The van der Waals surface area contributed by atoms with E-state index in [1.54, 1.807) is 0 Å². The number of anilines is 1. The molecule has 1 aromatic rings. The zero-order valence-corrected chi connectivity index (χ0v) is 10.2. The molecule has 88 valence electrons. The minimum absolute atomic E-state index is 0.607. The Labute approximate surface area is 98.4 Å². The van der Waals surface area contributed by atoms with Gasteiger partial charge in [0.25, 0.3) is 0 Å². The first kappa shape index (κ1) is 11.5. The standard InChI is InChI=1S/C14H22N2/c1-2-3-9-16-10-5-8-14(16)12-6-4-7-13(15)11-12/h4,6-7,11,14H,2-3,5,8-10,15H2,1H3. The van der Waals surface area contributed by atoms with Crippen molar-refractivity contribution < 1.29 is 0 Å². The minimum atomic E-state index is 0.607. The third kappa shape index (κ3) is 2.56. The fourth-order valence-electron chi connectivity index (χ4n) is 2.60. The summed E-state index contributed by atoms with van der Waals surface area (Å²) in [6.07, 6.45) is 5.19. The Bertz CT molecular complexity index is 335. The highest BCUT2D eigenvalue weighted by atomic mass is 15.2. The fraction of sp³-hybridized carbons (Fsp3) is 0.571. The van der Waals surface area contributed by atoms with E-state index in [1.165, 1.54) is 44.3 Å². The van der Waals surface area contributed by atoms with Gasteiger partial charge in [-0.15, -0.1) is 0 Å². The molecule has 2 rings (SSSR count). The summed E-state index contributed by atoms with van der Waals surface area (Å²) in [6.45, 7) is 4.74. The van der Waals surface area contributed by atoms with Crippen LogP contribution in [0.3, 0.4) is 0 Å². The highest BCUT2D eigenvalue weighted by molar-refractivity contribution is 5.41. The monoisotopic (exact) mass is 218 g/mol. The SMILES string of the molecule is CCCCN1CCCC1c1cccc(N)c1. The van der Waals surface area contributed by atoms with Crippen LogP contribution in [0.1, 0.15) is 44.2 Å². The highest BCUT2D eigenvalue weighted by Crippen LogP contribution is 2.32. The zero-order valence-electron chi connectivity index (χ0n) is 10.2. The molecule has 1 fully saturated rings. The molecule has 2 N–H and O–H groups in total. The number of benzene rings is 1. The third-order valence-corrected chi connectivity index (χ3v) is 3.46. The molecule has 1 atom stereocenters. The van der Waals surface area contributed by atoms with Crippen molar-refractivity contribution in [2.45, 2.75) is 38.6 Å². The third-order valence-electron chi connectivity index (χ3n) is 3.46. The maximum Gasteiger partial charge on any atom is 0.0349 e. The van der Waals surface area contributed by atoms with Crippen molar-refractivity contribution in [3.05, 3.63) is 29.8 Å². The molecular formula is C14H22N2. The Hall–Kier alpha value is -1.02. The van der Waals surface area contributed by atoms with Crippen molar-refractivity contribution >= 4 is 5.69 Å². The van der Waals surface area contributed by atoms with Gasteiger partial charge in [0.15, 0.2) is 0 Å². The lowest BCUT2D eigenvalue weighted by molar-refractivity contribution is 0.253.